The third-order valence-electron chi connectivity index (χ3n) is 5.90. The van der Waals surface area contributed by atoms with Crippen LogP contribution >= 0.6 is 15.9 Å². The average molecular weight is 643 g/mol. The number of carbonyl (C=O) groups is 1. The minimum absolute atomic E-state index is 0.0348. The van der Waals surface area contributed by atoms with Gasteiger partial charge in [-0.15, -0.1) is 0 Å². The summed E-state index contributed by atoms with van der Waals surface area (Å²) in [7, 11) is 0. The largest absolute Gasteiger partial charge is 0.454 e. The van der Waals surface area contributed by atoms with Crippen molar-refractivity contribution in [2.75, 3.05) is 0 Å². The first-order valence-corrected chi connectivity index (χ1v) is 12.7. The molecule has 0 amide bonds. The van der Waals surface area contributed by atoms with Crippen LogP contribution in [0, 0.1) is 0 Å². The van der Waals surface area contributed by atoms with Crippen molar-refractivity contribution in [1.82, 2.24) is 0 Å². The molecule has 0 aliphatic carbocycles. The molecule has 41 heavy (non-hydrogen) atoms. The SMILES string of the molecule is O=C(c1ccc(-c2ccc([C@@H](O)C(F)F)cc2)cc1)C(F)(F)F.O[C@H](c1ccc(-c2ccc(Br)cc2)cc1)C(F)F. The fourth-order valence-electron chi connectivity index (χ4n) is 3.66. The molecule has 4 aromatic rings. The van der Waals surface area contributed by atoms with Crippen LogP contribution in [0.15, 0.2) is 102 Å². The van der Waals surface area contributed by atoms with Gasteiger partial charge in [-0.3, -0.25) is 4.79 Å². The van der Waals surface area contributed by atoms with Gasteiger partial charge >= 0.3 is 6.18 Å². The summed E-state index contributed by atoms with van der Waals surface area (Å²) in [6.45, 7) is 0. The highest BCUT2D eigenvalue weighted by atomic mass is 79.9. The molecule has 2 N–H and O–H groups in total. The Morgan fingerprint density at radius 1 is 0.561 bits per heavy atom. The molecule has 0 fully saturated rings. The van der Waals surface area contributed by atoms with Gasteiger partial charge in [0.05, 0.1) is 0 Å². The van der Waals surface area contributed by atoms with Gasteiger partial charge < -0.3 is 10.2 Å². The maximum Gasteiger partial charge on any atom is 0.454 e. The molecule has 4 aromatic carbocycles. The molecule has 3 nitrogen and oxygen atoms in total. The number of hydrogen-bond acceptors (Lipinski definition) is 3. The smallest absolute Gasteiger partial charge is 0.382 e. The molecule has 0 aromatic heterocycles. The van der Waals surface area contributed by atoms with Crippen LogP contribution in [0.1, 0.15) is 33.7 Å². The lowest BCUT2D eigenvalue weighted by Crippen LogP contribution is -2.22. The molecule has 0 radical (unpaired) electrons. The number of aliphatic hydroxyl groups excluding tert-OH is 2. The molecule has 216 valence electrons. The Bertz CT molecular complexity index is 1410. The average Bonchev–Trinajstić information content (AvgIpc) is 2.96. The van der Waals surface area contributed by atoms with Crippen molar-refractivity contribution in [3.8, 4) is 22.3 Å². The number of hydrogen-bond donors (Lipinski definition) is 2. The highest BCUT2D eigenvalue weighted by Gasteiger charge is 2.39. The van der Waals surface area contributed by atoms with E-state index in [1.54, 1.807) is 12.1 Å². The normalized spacial score (nSPS) is 13.0. The summed E-state index contributed by atoms with van der Waals surface area (Å²) in [6, 6.07) is 24.5. The predicted molar refractivity (Wildman–Crippen MR) is 144 cm³/mol. The molecule has 11 heteroatoms. The number of alkyl halides is 7. The van der Waals surface area contributed by atoms with Gasteiger partial charge in [0.2, 0.25) is 0 Å². The Morgan fingerprint density at radius 2 is 0.854 bits per heavy atom. The van der Waals surface area contributed by atoms with E-state index in [1.165, 1.54) is 48.5 Å². The van der Waals surface area contributed by atoms with Crippen LogP contribution in [-0.2, 0) is 0 Å². The number of aliphatic hydroxyl groups is 2. The lowest BCUT2D eigenvalue weighted by Gasteiger charge is -2.11. The zero-order chi connectivity index (χ0) is 30.3. The summed E-state index contributed by atoms with van der Waals surface area (Å²) in [6.07, 6.45) is -14.2. The van der Waals surface area contributed by atoms with E-state index in [9.17, 15) is 45.7 Å². The van der Waals surface area contributed by atoms with Gasteiger partial charge in [-0.2, -0.15) is 13.2 Å². The van der Waals surface area contributed by atoms with Gasteiger partial charge in [0, 0.05) is 10.0 Å². The van der Waals surface area contributed by atoms with Crippen LogP contribution in [-0.4, -0.2) is 35.0 Å². The van der Waals surface area contributed by atoms with Crippen molar-refractivity contribution in [3.05, 3.63) is 118 Å². The molecule has 0 aliphatic rings. The molecule has 0 saturated carbocycles. The van der Waals surface area contributed by atoms with Gasteiger partial charge in [-0.1, -0.05) is 101 Å². The zero-order valence-corrected chi connectivity index (χ0v) is 22.5. The van der Waals surface area contributed by atoms with E-state index in [1.807, 2.05) is 24.3 Å². The van der Waals surface area contributed by atoms with E-state index in [0.29, 0.717) is 11.1 Å². The third kappa shape index (κ3) is 8.72. The molecule has 0 spiro atoms. The minimum Gasteiger partial charge on any atom is -0.382 e. The summed E-state index contributed by atoms with van der Waals surface area (Å²) in [5.74, 6) is -1.93. The van der Waals surface area contributed by atoms with Crippen LogP contribution in [0.2, 0.25) is 0 Å². The number of rotatable bonds is 7. The van der Waals surface area contributed by atoms with Crippen LogP contribution in [0.5, 0.6) is 0 Å². The van der Waals surface area contributed by atoms with Crippen LogP contribution in [0.4, 0.5) is 30.7 Å². The van der Waals surface area contributed by atoms with Crippen molar-refractivity contribution >= 4 is 21.7 Å². The van der Waals surface area contributed by atoms with E-state index in [0.717, 1.165) is 27.7 Å². The maximum atomic E-state index is 12.4. The molecular weight excluding hydrogens is 621 g/mol. The maximum absolute atomic E-state index is 12.4. The Kier molecular flexibility index (Phi) is 10.8. The number of halogens is 8. The Hall–Kier alpha value is -3.54. The topological polar surface area (TPSA) is 57.5 Å². The second-order valence-electron chi connectivity index (χ2n) is 8.71. The molecule has 0 unspecified atom stereocenters. The summed E-state index contributed by atoms with van der Waals surface area (Å²) in [5.41, 5.74) is 2.77. The standard InChI is InChI=1S/C16H11F5O2.C14H11BrF2O/c17-15(18)13(22)11-5-1-9(2-6-11)10-3-7-12(8-4-10)14(23)16(19,20)21;15-12-7-5-10(6-8-12)9-1-3-11(4-2-9)13(18)14(16)17/h1-8,13,15,22H;1-8,13-14,18H/t2*13-/m11/s1. The number of ketones is 1. The Labute approximate surface area is 239 Å². The van der Waals surface area contributed by atoms with Crippen LogP contribution in [0.3, 0.4) is 0 Å². The van der Waals surface area contributed by atoms with Crippen LogP contribution in [0.25, 0.3) is 22.3 Å². The summed E-state index contributed by atoms with van der Waals surface area (Å²) < 4.78 is 87.3. The number of benzene rings is 4. The molecule has 0 heterocycles. The van der Waals surface area contributed by atoms with Gasteiger partial charge in [0.1, 0.15) is 12.2 Å². The first kappa shape index (κ1) is 32.0. The lowest BCUT2D eigenvalue weighted by molar-refractivity contribution is -0.0885. The molecule has 0 aliphatic heterocycles. The number of carbonyl (C=O) groups excluding carboxylic acids is 1. The van der Waals surface area contributed by atoms with Gasteiger partial charge in [-0.25, -0.2) is 17.6 Å². The fourth-order valence-corrected chi connectivity index (χ4v) is 3.92. The highest BCUT2D eigenvalue weighted by molar-refractivity contribution is 9.10. The third-order valence-corrected chi connectivity index (χ3v) is 6.43. The molecule has 0 bridgehead atoms. The second kappa shape index (κ2) is 13.9. The van der Waals surface area contributed by atoms with Crippen molar-refractivity contribution in [2.24, 2.45) is 0 Å². The molecule has 0 saturated heterocycles. The van der Waals surface area contributed by atoms with E-state index in [2.05, 4.69) is 15.9 Å². The molecule has 4 rings (SSSR count). The zero-order valence-electron chi connectivity index (χ0n) is 20.9. The van der Waals surface area contributed by atoms with Crippen molar-refractivity contribution in [1.29, 1.82) is 0 Å². The molecule has 2 atom stereocenters. The fraction of sp³-hybridized carbons (Fsp3) is 0.167. The summed E-state index contributed by atoms with van der Waals surface area (Å²) in [5, 5.41) is 18.5. The predicted octanol–water partition coefficient (Wildman–Crippen LogP) is 8.81. The van der Waals surface area contributed by atoms with E-state index in [-0.39, 0.29) is 11.1 Å². The first-order chi connectivity index (χ1) is 19.3. The Balaban J connectivity index is 0.000000232. The lowest BCUT2D eigenvalue weighted by atomic mass is 10.00. The first-order valence-electron chi connectivity index (χ1n) is 11.9. The van der Waals surface area contributed by atoms with E-state index in [4.69, 9.17) is 0 Å². The summed E-state index contributed by atoms with van der Waals surface area (Å²) in [4.78, 5) is 11.1. The van der Waals surface area contributed by atoms with Crippen LogP contribution < -0.4 is 0 Å². The summed E-state index contributed by atoms with van der Waals surface area (Å²) >= 11 is 3.35. The highest BCUT2D eigenvalue weighted by Crippen LogP contribution is 2.28. The van der Waals surface area contributed by atoms with E-state index >= 15 is 0 Å². The molecular formula is C30H22BrF7O3. The van der Waals surface area contributed by atoms with Crippen molar-refractivity contribution < 1.29 is 45.7 Å². The number of Topliss-reactive ketones (excluding diaryl/α,β-unsaturated/α-hetero) is 1. The quantitative estimate of drug-likeness (QED) is 0.156. The van der Waals surface area contributed by atoms with Gasteiger partial charge in [0.15, 0.2) is 0 Å². The van der Waals surface area contributed by atoms with Crippen molar-refractivity contribution in [2.45, 2.75) is 31.2 Å². The van der Waals surface area contributed by atoms with Crippen molar-refractivity contribution in [3.63, 3.8) is 0 Å². The van der Waals surface area contributed by atoms with E-state index < -0.39 is 42.6 Å². The van der Waals surface area contributed by atoms with Gasteiger partial charge in [-0.05, 0) is 45.5 Å². The van der Waals surface area contributed by atoms with Gasteiger partial charge in [0.25, 0.3) is 18.6 Å². The Morgan fingerprint density at radius 3 is 1.15 bits per heavy atom. The second-order valence-corrected chi connectivity index (χ2v) is 9.63. The monoisotopic (exact) mass is 642 g/mol. The minimum atomic E-state index is -4.94.